The molecule has 1 heterocycles. The monoisotopic (exact) mass is 442 g/mol. The van der Waals surface area contributed by atoms with Crippen molar-refractivity contribution in [2.24, 2.45) is 5.92 Å². The Labute approximate surface area is 182 Å². The number of hydrogen-bond acceptors (Lipinski definition) is 6. The second-order valence-corrected chi connectivity index (χ2v) is 9.32. The van der Waals surface area contributed by atoms with Crippen LogP contribution in [-0.2, 0) is 16.1 Å². The average Bonchev–Trinajstić information content (AvgIpc) is 3.06. The third kappa shape index (κ3) is 8.56. The zero-order chi connectivity index (χ0) is 23.1. The predicted octanol–water partition coefficient (Wildman–Crippen LogP) is 3.76. The lowest BCUT2D eigenvalue weighted by atomic mass is 9.97. The van der Waals surface area contributed by atoms with Gasteiger partial charge < -0.3 is 25.4 Å². The number of urea groups is 1. The summed E-state index contributed by atoms with van der Waals surface area (Å²) in [5.74, 6) is -1.22. The molecular formula is C20H34N4O5S. The predicted molar refractivity (Wildman–Crippen MR) is 115 cm³/mol. The first kappa shape index (κ1) is 25.7. The molecule has 170 valence electrons. The molecule has 10 heteroatoms. The van der Waals surface area contributed by atoms with Crippen molar-refractivity contribution in [1.29, 1.82) is 0 Å². The number of amides is 3. The number of carboxylic acids is 1. The van der Waals surface area contributed by atoms with E-state index in [9.17, 15) is 19.5 Å². The van der Waals surface area contributed by atoms with Gasteiger partial charge in [-0.2, -0.15) is 0 Å². The minimum atomic E-state index is -1.05. The van der Waals surface area contributed by atoms with Gasteiger partial charge in [0.1, 0.15) is 16.7 Å². The molecule has 1 aromatic rings. The van der Waals surface area contributed by atoms with Crippen molar-refractivity contribution in [3.8, 4) is 0 Å². The highest BCUT2D eigenvalue weighted by molar-refractivity contribution is 7.09. The van der Waals surface area contributed by atoms with Crippen LogP contribution in [0.5, 0.6) is 0 Å². The molecule has 3 N–H and O–H groups in total. The lowest BCUT2D eigenvalue weighted by Gasteiger charge is -2.24. The zero-order valence-electron chi connectivity index (χ0n) is 18.8. The lowest BCUT2D eigenvalue weighted by molar-refractivity contribution is -0.140. The van der Waals surface area contributed by atoms with Crippen LogP contribution < -0.4 is 10.6 Å². The molecule has 0 radical (unpaired) electrons. The highest BCUT2D eigenvalue weighted by atomic mass is 32.1. The molecule has 3 amide bonds. The molecule has 0 aromatic carbocycles. The number of aliphatic carboxylic acids is 1. The first-order valence-electron chi connectivity index (χ1n) is 10.0. The Bertz CT molecular complexity index is 731. The van der Waals surface area contributed by atoms with Crippen LogP contribution in [0.25, 0.3) is 0 Å². The Hall–Kier alpha value is -2.36. The van der Waals surface area contributed by atoms with Crippen LogP contribution in [-0.4, -0.2) is 51.8 Å². The molecule has 0 spiro atoms. The van der Waals surface area contributed by atoms with E-state index >= 15 is 0 Å². The summed E-state index contributed by atoms with van der Waals surface area (Å²) in [6, 6.07) is -1.76. The maximum absolute atomic E-state index is 12.4. The van der Waals surface area contributed by atoms with Crippen molar-refractivity contribution in [1.82, 2.24) is 20.5 Å². The van der Waals surface area contributed by atoms with Crippen molar-refractivity contribution < 1.29 is 24.2 Å². The van der Waals surface area contributed by atoms with Crippen molar-refractivity contribution in [2.45, 2.75) is 78.6 Å². The van der Waals surface area contributed by atoms with E-state index in [0.717, 1.165) is 6.42 Å². The second kappa shape index (κ2) is 11.1. The molecule has 30 heavy (non-hydrogen) atoms. The molecule has 0 aliphatic rings. The largest absolute Gasteiger partial charge is 0.480 e. The third-order valence-corrected chi connectivity index (χ3v) is 5.35. The lowest BCUT2D eigenvalue weighted by Crippen LogP contribution is -2.49. The number of alkyl carbamates (subject to hydrolysis) is 1. The molecule has 1 aromatic heterocycles. The summed E-state index contributed by atoms with van der Waals surface area (Å²) in [7, 11) is 1.58. The van der Waals surface area contributed by atoms with Crippen LogP contribution in [0.4, 0.5) is 9.59 Å². The summed E-state index contributed by atoms with van der Waals surface area (Å²) >= 11 is 1.37. The summed E-state index contributed by atoms with van der Waals surface area (Å²) in [4.78, 5) is 41.7. The average molecular weight is 443 g/mol. The Morgan fingerprint density at radius 2 is 1.90 bits per heavy atom. The molecule has 1 rings (SSSR count). The van der Waals surface area contributed by atoms with Gasteiger partial charge >= 0.3 is 18.1 Å². The fourth-order valence-electron chi connectivity index (χ4n) is 2.77. The molecule has 0 aliphatic carbocycles. The van der Waals surface area contributed by atoms with Crippen LogP contribution in [0, 0.1) is 5.92 Å². The van der Waals surface area contributed by atoms with Crippen molar-refractivity contribution in [3.63, 3.8) is 0 Å². The minimum Gasteiger partial charge on any atom is -0.480 e. The van der Waals surface area contributed by atoms with Crippen molar-refractivity contribution in [2.75, 3.05) is 7.05 Å². The van der Waals surface area contributed by atoms with Crippen molar-refractivity contribution >= 4 is 29.4 Å². The molecule has 0 aliphatic heterocycles. The van der Waals surface area contributed by atoms with Crippen LogP contribution in [0.1, 0.15) is 71.1 Å². The SMILES string of the molecule is CCC[C@H](C)[C@H](NC(=O)N(C)Cc1csc([C@H](C)NC(=O)OC(C)(C)C)n1)C(=O)O. The molecular weight excluding hydrogens is 408 g/mol. The van der Waals surface area contributed by atoms with Gasteiger partial charge in [-0.3, -0.25) is 0 Å². The van der Waals surface area contributed by atoms with E-state index in [-0.39, 0.29) is 18.5 Å². The molecule has 9 nitrogen and oxygen atoms in total. The van der Waals surface area contributed by atoms with Gasteiger partial charge in [0.15, 0.2) is 0 Å². The first-order chi connectivity index (χ1) is 13.8. The van der Waals surface area contributed by atoms with Crippen molar-refractivity contribution in [3.05, 3.63) is 16.1 Å². The van der Waals surface area contributed by atoms with E-state index in [4.69, 9.17) is 4.74 Å². The van der Waals surface area contributed by atoms with Crippen LogP contribution in [0.2, 0.25) is 0 Å². The van der Waals surface area contributed by atoms with Gasteiger partial charge in [0.25, 0.3) is 0 Å². The van der Waals surface area contributed by atoms with E-state index in [2.05, 4.69) is 15.6 Å². The molecule has 0 fully saturated rings. The topological polar surface area (TPSA) is 121 Å². The summed E-state index contributed by atoms with van der Waals surface area (Å²) < 4.78 is 5.24. The quantitative estimate of drug-likeness (QED) is 0.535. The van der Waals surface area contributed by atoms with Gasteiger partial charge in [-0.1, -0.05) is 20.3 Å². The second-order valence-electron chi connectivity index (χ2n) is 8.43. The minimum absolute atomic E-state index is 0.171. The fraction of sp³-hybridized carbons (Fsp3) is 0.700. The first-order valence-corrected chi connectivity index (χ1v) is 10.9. The molecule has 0 saturated heterocycles. The van der Waals surface area contributed by atoms with Crippen LogP contribution in [0.3, 0.4) is 0 Å². The maximum Gasteiger partial charge on any atom is 0.408 e. The number of carbonyl (C=O) groups excluding carboxylic acids is 2. The molecule has 0 unspecified atom stereocenters. The summed E-state index contributed by atoms with van der Waals surface area (Å²) in [6.07, 6.45) is 1.02. The smallest absolute Gasteiger partial charge is 0.408 e. The van der Waals surface area contributed by atoms with Gasteiger partial charge in [-0.15, -0.1) is 11.3 Å². The van der Waals surface area contributed by atoms with Gasteiger partial charge in [0.05, 0.1) is 18.3 Å². The van der Waals surface area contributed by atoms with Crippen LogP contribution >= 0.6 is 11.3 Å². The Balaban J connectivity index is 2.67. The summed E-state index contributed by atoms with van der Waals surface area (Å²) in [5.41, 5.74) is 0.0649. The number of carboxylic acid groups (broad SMARTS) is 1. The number of hydrogen-bond donors (Lipinski definition) is 3. The number of aromatic nitrogens is 1. The Morgan fingerprint density at radius 1 is 1.27 bits per heavy atom. The fourth-order valence-corrected chi connectivity index (χ4v) is 3.58. The Kier molecular flexibility index (Phi) is 9.54. The van der Waals surface area contributed by atoms with Gasteiger partial charge in [-0.05, 0) is 40.0 Å². The molecule has 0 bridgehead atoms. The summed E-state index contributed by atoms with van der Waals surface area (Å²) in [5, 5.41) is 17.2. The molecule has 3 atom stereocenters. The molecule has 0 saturated carbocycles. The number of nitrogens with one attached hydrogen (secondary N) is 2. The van der Waals surface area contributed by atoms with Crippen LogP contribution in [0.15, 0.2) is 5.38 Å². The third-order valence-electron chi connectivity index (χ3n) is 4.28. The number of nitrogens with zero attached hydrogens (tertiary/aromatic N) is 2. The normalized spacial score (nSPS) is 14.4. The highest BCUT2D eigenvalue weighted by Crippen LogP contribution is 2.20. The number of rotatable bonds is 9. The summed E-state index contributed by atoms with van der Waals surface area (Å²) in [6.45, 7) is 11.2. The highest BCUT2D eigenvalue weighted by Gasteiger charge is 2.27. The zero-order valence-corrected chi connectivity index (χ0v) is 19.6. The van der Waals surface area contributed by atoms with Gasteiger partial charge in [0, 0.05) is 12.4 Å². The van der Waals surface area contributed by atoms with E-state index in [1.807, 2.05) is 13.8 Å². The van der Waals surface area contributed by atoms with E-state index < -0.39 is 29.7 Å². The maximum atomic E-state index is 12.4. The van der Waals surface area contributed by atoms with E-state index in [1.165, 1.54) is 16.2 Å². The number of thiazole rings is 1. The van der Waals surface area contributed by atoms with E-state index in [0.29, 0.717) is 17.1 Å². The Morgan fingerprint density at radius 3 is 2.43 bits per heavy atom. The van der Waals surface area contributed by atoms with E-state index in [1.54, 1.807) is 40.1 Å². The number of ether oxygens (including phenoxy) is 1. The standard InChI is InChI=1S/C20H34N4O5S/c1-8-9-12(2)15(17(25)26)23-18(27)24(7)10-14-11-30-16(22-14)13(3)21-19(28)29-20(4,5)6/h11-13,15H,8-10H2,1-7H3,(H,21,28)(H,23,27)(H,25,26)/t12-,13-,15-/m0/s1. The van der Waals surface area contributed by atoms with Gasteiger partial charge in [-0.25, -0.2) is 19.4 Å². The van der Waals surface area contributed by atoms with Gasteiger partial charge in [0.2, 0.25) is 0 Å². The number of carbonyl (C=O) groups is 3.